The molecule has 7 heteroatoms. The lowest BCUT2D eigenvalue weighted by atomic mass is 10.2. The maximum absolute atomic E-state index is 12.8. The van der Waals surface area contributed by atoms with E-state index in [9.17, 15) is 9.59 Å². The molecule has 0 fully saturated rings. The molecule has 1 aromatic heterocycles. The molecule has 4 aromatic rings. The first-order chi connectivity index (χ1) is 14.9. The minimum absolute atomic E-state index is 0.00292. The average Bonchev–Trinajstić information content (AvgIpc) is 3.08. The molecular formula is C24H21ClN2O3S. The number of halogens is 1. The molecule has 0 spiro atoms. The molecule has 4 rings (SSSR count). The van der Waals surface area contributed by atoms with Crippen molar-refractivity contribution in [3.63, 3.8) is 0 Å². The number of amides is 1. The summed E-state index contributed by atoms with van der Waals surface area (Å²) in [5, 5.41) is 3.54. The van der Waals surface area contributed by atoms with Gasteiger partial charge in [0.2, 0.25) is 0 Å². The Hall–Kier alpha value is -3.09. The van der Waals surface area contributed by atoms with Crippen molar-refractivity contribution < 1.29 is 9.53 Å². The zero-order valence-corrected chi connectivity index (χ0v) is 18.7. The third-order valence-electron chi connectivity index (χ3n) is 4.84. The van der Waals surface area contributed by atoms with Crippen molar-refractivity contribution in [2.75, 3.05) is 5.32 Å². The highest BCUT2D eigenvalue weighted by Crippen LogP contribution is 2.25. The molecule has 1 heterocycles. The van der Waals surface area contributed by atoms with Gasteiger partial charge >= 0.3 is 4.87 Å². The van der Waals surface area contributed by atoms with Crippen molar-refractivity contribution in [2.45, 2.75) is 26.5 Å². The number of nitrogens with zero attached hydrogens (tertiary/aromatic N) is 1. The smallest absolute Gasteiger partial charge is 0.308 e. The largest absolute Gasteiger partial charge is 0.489 e. The molecule has 0 aliphatic heterocycles. The van der Waals surface area contributed by atoms with Gasteiger partial charge < -0.3 is 10.1 Å². The lowest BCUT2D eigenvalue weighted by Gasteiger charge is -2.10. The first-order valence-corrected chi connectivity index (χ1v) is 11.0. The van der Waals surface area contributed by atoms with E-state index in [0.29, 0.717) is 28.6 Å². The Morgan fingerprint density at radius 2 is 1.90 bits per heavy atom. The van der Waals surface area contributed by atoms with E-state index in [-0.39, 0.29) is 16.8 Å². The normalized spacial score (nSPS) is 11.1. The average molecular weight is 453 g/mol. The SMILES string of the molecule is CC(C)n1c(=O)sc2cc(NC(=O)c3cccc(OCc4ccccc4Cl)c3)ccc21. The fraction of sp³-hybridized carbons (Fsp3) is 0.167. The van der Waals surface area contributed by atoms with Gasteiger partial charge in [-0.1, -0.05) is 47.2 Å². The number of rotatable bonds is 6. The summed E-state index contributed by atoms with van der Waals surface area (Å²) in [4.78, 5) is 25.0. The summed E-state index contributed by atoms with van der Waals surface area (Å²) in [5.41, 5.74) is 2.86. The van der Waals surface area contributed by atoms with Crippen molar-refractivity contribution in [3.8, 4) is 5.75 Å². The highest BCUT2D eigenvalue weighted by Gasteiger charge is 2.13. The lowest BCUT2D eigenvalue weighted by molar-refractivity contribution is 0.102. The Balaban J connectivity index is 1.49. The van der Waals surface area contributed by atoms with E-state index in [1.807, 2.05) is 56.3 Å². The molecule has 0 atom stereocenters. The molecule has 31 heavy (non-hydrogen) atoms. The molecular weight excluding hydrogens is 432 g/mol. The number of benzene rings is 3. The molecule has 3 aromatic carbocycles. The third-order valence-corrected chi connectivity index (χ3v) is 6.12. The topological polar surface area (TPSA) is 60.3 Å². The van der Waals surface area contributed by atoms with Crippen LogP contribution >= 0.6 is 22.9 Å². The Morgan fingerprint density at radius 1 is 1.10 bits per heavy atom. The third kappa shape index (κ3) is 4.65. The van der Waals surface area contributed by atoms with E-state index in [1.165, 1.54) is 11.3 Å². The molecule has 0 saturated carbocycles. The lowest BCUT2D eigenvalue weighted by Crippen LogP contribution is -2.14. The van der Waals surface area contributed by atoms with Crippen LogP contribution in [0.15, 0.2) is 71.5 Å². The molecule has 1 N–H and O–H groups in total. The summed E-state index contributed by atoms with van der Waals surface area (Å²) < 4.78 is 8.41. The molecule has 0 bridgehead atoms. The first-order valence-electron chi connectivity index (χ1n) is 9.85. The van der Waals surface area contributed by atoms with E-state index < -0.39 is 0 Å². The van der Waals surface area contributed by atoms with E-state index in [4.69, 9.17) is 16.3 Å². The van der Waals surface area contributed by atoms with Crippen LogP contribution in [0.1, 0.15) is 35.8 Å². The van der Waals surface area contributed by atoms with Gasteiger partial charge in [0, 0.05) is 27.9 Å². The number of aromatic nitrogens is 1. The standard InChI is InChI=1S/C24H21ClN2O3S/c1-15(2)27-21-11-10-18(13-22(21)31-24(27)29)26-23(28)16-7-5-8-19(12-16)30-14-17-6-3-4-9-20(17)25/h3-13,15H,14H2,1-2H3,(H,26,28). The highest BCUT2D eigenvalue weighted by atomic mass is 35.5. The molecule has 0 unspecified atom stereocenters. The van der Waals surface area contributed by atoms with Crippen molar-refractivity contribution in [2.24, 2.45) is 0 Å². The number of nitrogens with one attached hydrogen (secondary N) is 1. The Labute approximate surface area is 188 Å². The second-order valence-corrected chi connectivity index (χ2v) is 8.78. The van der Waals surface area contributed by atoms with Crippen LogP contribution in [-0.4, -0.2) is 10.5 Å². The van der Waals surface area contributed by atoms with Crippen molar-refractivity contribution in [1.29, 1.82) is 0 Å². The number of ether oxygens (including phenoxy) is 1. The summed E-state index contributed by atoms with van der Waals surface area (Å²) in [6, 6.07) is 20.0. The zero-order valence-electron chi connectivity index (χ0n) is 17.1. The summed E-state index contributed by atoms with van der Waals surface area (Å²) >= 11 is 7.35. The van der Waals surface area contributed by atoms with Crippen LogP contribution in [0.5, 0.6) is 5.75 Å². The van der Waals surface area contributed by atoms with Gasteiger partial charge in [0.25, 0.3) is 5.91 Å². The van der Waals surface area contributed by atoms with Crippen LogP contribution < -0.4 is 14.9 Å². The number of anilines is 1. The van der Waals surface area contributed by atoms with Gasteiger partial charge in [-0.15, -0.1) is 0 Å². The number of hydrogen-bond donors (Lipinski definition) is 1. The van der Waals surface area contributed by atoms with Crippen molar-refractivity contribution in [1.82, 2.24) is 4.57 Å². The van der Waals surface area contributed by atoms with Gasteiger partial charge in [0.05, 0.1) is 10.2 Å². The molecule has 158 valence electrons. The van der Waals surface area contributed by atoms with E-state index in [2.05, 4.69) is 5.32 Å². The zero-order chi connectivity index (χ0) is 22.0. The van der Waals surface area contributed by atoms with Crippen LogP contribution in [0.3, 0.4) is 0 Å². The summed E-state index contributed by atoms with van der Waals surface area (Å²) in [6.07, 6.45) is 0. The van der Waals surface area contributed by atoms with Gasteiger partial charge in [0.15, 0.2) is 0 Å². The van der Waals surface area contributed by atoms with Crippen molar-refractivity contribution >= 4 is 44.7 Å². The Bertz CT molecular complexity index is 1310. The molecule has 0 saturated heterocycles. The van der Waals surface area contributed by atoms with Gasteiger partial charge in [-0.25, -0.2) is 0 Å². The quantitative estimate of drug-likeness (QED) is 0.383. The van der Waals surface area contributed by atoms with E-state index in [1.54, 1.807) is 28.8 Å². The van der Waals surface area contributed by atoms with Gasteiger partial charge in [0.1, 0.15) is 12.4 Å². The van der Waals surface area contributed by atoms with Crippen LogP contribution in [0.2, 0.25) is 5.02 Å². The molecule has 0 radical (unpaired) electrons. The van der Waals surface area contributed by atoms with Crippen LogP contribution in [0, 0.1) is 0 Å². The number of carbonyl (C=O) groups is 1. The highest BCUT2D eigenvalue weighted by molar-refractivity contribution is 7.16. The van der Waals surface area contributed by atoms with Gasteiger partial charge in [-0.2, -0.15) is 0 Å². The maximum atomic E-state index is 12.8. The number of carbonyl (C=O) groups excluding carboxylic acids is 1. The first kappa shape index (κ1) is 21.2. The minimum Gasteiger partial charge on any atom is -0.489 e. The number of fused-ring (bicyclic) bond motifs is 1. The number of thiazole rings is 1. The van der Waals surface area contributed by atoms with Crippen LogP contribution in [-0.2, 0) is 6.61 Å². The predicted octanol–water partition coefficient (Wildman–Crippen LogP) is 6.13. The molecule has 5 nitrogen and oxygen atoms in total. The summed E-state index contributed by atoms with van der Waals surface area (Å²) in [7, 11) is 0. The van der Waals surface area contributed by atoms with E-state index >= 15 is 0 Å². The minimum atomic E-state index is -0.252. The molecule has 0 aliphatic rings. The van der Waals surface area contributed by atoms with Crippen LogP contribution in [0.25, 0.3) is 10.2 Å². The monoisotopic (exact) mass is 452 g/mol. The fourth-order valence-corrected chi connectivity index (χ4v) is 4.55. The maximum Gasteiger partial charge on any atom is 0.308 e. The number of hydrogen-bond acceptors (Lipinski definition) is 4. The molecule has 1 amide bonds. The van der Waals surface area contributed by atoms with Gasteiger partial charge in [-0.3, -0.25) is 14.2 Å². The predicted molar refractivity (Wildman–Crippen MR) is 127 cm³/mol. The fourth-order valence-electron chi connectivity index (χ4n) is 3.31. The van der Waals surface area contributed by atoms with Crippen molar-refractivity contribution in [3.05, 3.63) is 92.5 Å². The second kappa shape index (κ2) is 8.96. The second-order valence-electron chi connectivity index (χ2n) is 7.38. The Morgan fingerprint density at radius 3 is 2.68 bits per heavy atom. The molecule has 0 aliphatic carbocycles. The van der Waals surface area contributed by atoms with Crippen LogP contribution in [0.4, 0.5) is 5.69 Å². The van der Waals surface area contributed by atoms with Gasteiger partial charge in [-0.05, 0) is 56.3 Å². The Kier molecular flexibility index (Phi) is 6.11. The summed E-state index contributed by atoms with van der Waals surface area (Å²) in [5.74, 6) is 0.327. The summed E-state index contributed by atoms with van der Waals surface area (Å²) in [6.45, 7) is 4.27. The van der Waals surface area contributed by atoms with E-state index in [0.717, 1.165) is 15.8 Å².